The van der Waals surface area contributed by atoms with E-state index >= 15 is 0 Å². The van der Waals surface area contributed by atoms with Gasteiger partial charge in [-0.25, -0.2) is 4.39 Å². The van der Waals surface area contributed by atoms with Crippen molar-refractivity contribution in [1.82, 2.24) is 0 Å². The minimum atomic E-state index is -0.786. The van der Waals surface area contributed by atoms with Crippen molar-refractivity contribution in [1.29, 1.82) is 0 Å². The first-order valence-electron chi connectivity index (χ1n) is 7.15. The number of hydrogen-bond donors (Lipinski definition) is 2. The molecular formula is C17H14ClFN2O4. The molecule has 0 radical (unpaired) electrons. The maximum atomic E-state index is 13.6. The highest BCUT2D eigenvalue weighted by molar-refractivity contribution is 6.31. The summed E-state index contributed by atoms with van der Waals surface area (Å²) in [5.74, 6) is -2.58. The fourth-order valence-electron chi connectivity index (χ4n) is 1.96. The number of amides is 2. The summed E-state index contributed by atoms with van der Waals surface area (Å²) in [6, 6.07) is 9.92. The Morgan fingerprint density at radius 1 is 1.12 bits per heavy atom. The third kappa shape index (κ3) is 5.29. The van der Waals surface area contributed by atoms with Crippen LogP contribution < -0.4 is 11.1 Å². The molecule has 0 bridgehead atoms. The van der Waals surface area contributed by atoms with Crippen molar-refractivity contribution in [3.63, 3.8) is 0 Å². The summed E-state index contributed by atoms with van der Waals surface area (Å²) in [5.41, 5.74) is 5.82. The van der Waals surface area contributed by atoms with Crippen molar-refractivity contribution < 1.29 is 23.5 Å². The predicted octanol–water partition coefficient (Wildman–Crippen LogP) is 2.30. The van der Waals surface area contributed by atoms with Gasteiger partial charge >= 0.3 is 5.97 Å². The van der Waals surface area contributed by atoms with Gasteiger partial charge in [0.05, 0.1) is 6.42 Å². The Morgan fingerprint density at radius 3 is 2.40 bits per heavy atom. The molecular weight excluding hydrogens is 351 g/mol. The Bertz CT molecular complexity index is 789. The predicted molar refractivity (Wildman–Crippen MR) is 89.7 cm³/mol. The SMILES string of the molecule is NC(=O)c1ccc(NC(=O)COC(=O)Cc2c(F)cccc2Cl)cc1. The molecule has 2 rings (SSSR count). The minimum Gasteiger partial charge on any atom is -0.455 e. The minimum absolute atomic E-state index is 0.0108. The molecule has 6 nitrogen and oxygen atoms in total. The molecule has 25 heavy (non-hydrogen) atoms. The van der Waals surface area contributed by atoms with Crippen LogP contribution in [0.25, 0.3) is 0 Å². The molecule has 0 heterocycles. The van der Waals surface area contributed by atoms with E-state index in [0.717, 1.165) is 0 Å². The van der Waals surface area contributed by atoms with Crippen molar-refractivity contribution in [3.05, 3.63) is 64.4 Å². The van der Waals surface area contributed by atoms with Crippen LogP contribution >= 0.6 is 11.6 Å². The van der Waals surface area contributed by atoms with Crippen LogP contribution in [-0.2, 0) is 20.7 Å². The molecule has 2 amide bonds. The van der Waals surface area contributed by atoms with E-state index in [-0.39, 0.29) is 17.0 Å². The summed E-state index contributed by atoms with van der Waals surface area (Å²) in [6.45, 7) is -0.539. The molecule has 130 valence electrons. The molecule has 8 heteroatoms. The molecule has 0 atom stereocenters. The van der Waals surface area contributed by atoms with Gasteiger partial charge in [0.15, 0.2) is 6.61 Å². The normalized spacial score (nSPS) is 10.2. The van der Waals surface area contributed by atoms with E-state index in [4.69, 9.17) is 22.1 Å². The zero-order chi connectivity index (χ0) is 18.4. The van der Waals surface area contributed by atoms with Crippen molar-refractivity contribution in [2.24, 2.45) is 5.73 Å². The van der Waals surface area contributed by atoms with Crippen LogP contribution in [0.2, 0.25) is 5.02 Å². The van der Waals surface area contributed by atoms with Crippen LogP contribution in [0.1, 0.15) is 15.9 Å². The number of carbonyl (C=O) groups excluding carboxylic acids is 3. The maximum absolute atomic E-state index is 13.6. The fourth-order valence-corrected chi connectivity index (χ4v) is 2.19. The largest absolute Gasteiger partial charge is 0.455 e. The zero-order valence-electron chi connectivity index (χ0n) is 12.9. The number of ether oxygens (including phenoxy) is 1. The van der Waals surface area contributed by atoms with Crippen LogP contribution in [-0.4, -0.2) is 24.4 Å². The second-order valence-electron chi connectivity index (χ2n) is 5.03. The van der Waals surface area contributed by atoms with Crippen LogP contribution in [0.15, 0.2) is 42.5 Å². The highest BCUT2D eigenvalue weighted by Crippen LogP contribution is 2.19. The highest BCUT2D eigenvalue weighted by atomic mass is 35.5. The molecule has 0 aromatic heterocycles. The van der Waals surface area contributed by atoms with Gasteiger partial charge in [-0.1, -0.05) is 17.7 Å². The van der Waals surface area contributed by atoms with Gasteiger partial charge in [-0.3, -0.25) is 14.4 Å². The first-order valence-corrected chi connectivity index (χ1v) is 7.53. The lowest BCUT2D eigenvalue weighted by Gasteiger charge is -2.08. The third-order valence-corrected chi connectivity index (χ3v) is 3.55. The van der Waals surface area contributed by atoms with Gasteiger partial charge in [0.25, 0.3) is 5.91 Å². The van der Waals surface area contributed by atoms with Crippen LogP contribution in [0.5, 0.6) is 0 Å². The van der Waals surface area contributed by atoms with E-state index in [9.17, 15) is 18.8 Å². The monoisotopic (exact) mass is 364 g/mol. The van der Waals surface area contributed by atoms with Crippen molar-refractivity contribution in [2.75, 3.05) is 11.9 Å². The topological polar surface area (TPSA) is 98.5 Å². The molecule has 0 fully saturated rings. The molecule has 3 N–H and O–H groups in total. The Balaban J connectivity index is 1.85. The van der Waals surface area contributed by atoms with Gasteiger partial charge in [-0.15, -0.1) is 0 Å². The molecule has 0 saturated heterocycles. The van der Waals surface area contributed by atoms with Gasteiger partial charge in [-0.2, -0.15) is 0 Å². The lowest BCUT2D eigenvalue weighted by molar-refractivity contribution is -0.146. The number of carbonyl (C=O) groups is 3. The van der Waals surface area contributed by atoms with Crippen LogP contribution in [0, 0.1) is 5.82 Å². The quantitative estimate of drug-likeness (QED) is 0.768. The van der Waals surface area contributed by atoms with E-state index < -0.39 is 30.2 Å². The number of nitrogens with one attached hydrogen (secondary N) is 1. The van der Waals surface area contributed by atoms with Crippen molar-refractivity contribution >= 4 is 35.1 Å². The number of esters is 1. The average molecular weight is 365 g/mol. The Labute approximate surface area is 147 Å². The first kappa shape index (κ1) is 18.4. The Morgan fingerprint density at radius 2 is 1.80 bits per heavy atom. The summed E-state index contributed by atoms with van der Waals surface area (Å²) in [7, 11) is 0. The molecule has 0 saturated carbocycles. The Hall–Kier alpha value is -2.93. The molecule has 0 aliphatic rings. The second kappa shape index (κ2) is 8.25. The van der Waals surface area contributed by atoms with Crippen LogP contribution in [0.4, 0.5) is 10.1 Å². The van der Waals surface area contributed by atoms with E-state index in [1.807, 2.05) is 0 Å². The van der Waals surface area contributed by atoms with Crippen LogP contribution in [0.3, 0.4) is 0 Å². The molecule has 2 aromatic carbocycles. The first-order chi connectivity index (χ1) is 11.9. The molecule has 0 unspecified atom stereocenters. The zero-order valence-corrected chi connectivity index (χ0v) is 13.7. The summed E-state index contributed by atoms with van der Waals surface area (Å²) < 4.78 is 18.4. The van der Waals surface area contributed by atoms with Gasteiger partial charge in [-0.05, 0) is 36.4 Å². The summed E-state index contributed by atoms with van der Waals surface area (Å²) in [6.07, 6.45) is -0.383. The van der Waals surface area contributed by atoms with E-state index in [1.54, 1.807) is 0 Å². The molecule has 0 aliphatic heterocycles. The number of halogens is 2. The number of benzene rings is 2. The molecule has 0 aliphatic carbocycles. The summed E-state index contributed by atoms with van der Waals surface area (Å²) >= 11 is 5.82. The van der Waals surface area contributed by atoms with Gasteiger partial charge in [0, 0.05) is 21.8 Å². The number of rotatable bonds is 6. The van der Waals surface area contributed by atoms with Gasteiger partial charge in [0.1, 0.15) is 5.82 Å². The smallest absolute Gasteiger partial charge is 0.310 e. The molecule has 0 spiro atoms. The van der Waals surface area contributed by atoms with Gasteiger partial charge in [0.2, 0.25) is 5.91 Å². The third-order valence-electron chi connectivity index (χ3n) is 3.20. The summed E-state index contributed by atoms with van der Waals surface area (Å²) in [5, 5.41) is 2.59. The van der Waals surface area contributed by atoms with Crippen molar-refractivity contribution in [2.45, 2.75) is 6.42 Å². The summed E-state index contributed by atoms with van der Waals surface area (Å²) in [4.78, 5) is 34.4. The standard InChI is InChI=1S/C17H14ClFN2O4/c18-13-2-1-3-14(19)12(13)8-16(23)25-9-15(22)21-11-6-4-10(5-7-11)17(20)24/h1-7H,8-9H2,(H2,20,24)(H,21,22). The fraction of sp³-hybridized carbons (Fsp3) is 0.118. The number of primary amides is 1. The lowest BCUT2D eigenvalue weighted by Crippen LogP contribution is -2.22. The second-order valence-corrected chi connectivity index (χ2v) is 5.43. The highest BCUT2D eigenvalue weighted by Gasteiger charge is 2.14. The number of hydrogen-bond acceptors (Lipinski definition) is 4. The Kier molecular flexibility index (Phi) is 6.08. The van der Waals surface area contributed by atoms with E-state index in [2.05, 4.69) is 5.32 Å². The molecule has 2 aromatic rings. The maximum Gasteiger partial charge on any atom is 0.310 e. The van der Waals surface area contributed by atoms with Crippen molar-refractivity contribution in [3.8, 4) is 0 Å². The number of anilines is 1. The lowest BCUT2D eigenvalue weighted by atomic mass is 10.1. The van der Waals surface area contributed by atoms with Gasteiger partial charge < -0.3 is 15.8 Å². The van der Waals surface area contributed by atoms with E-state index in [0.29, 0.717) is 11.3 Å². The van der Waals surface area contributed by atoms with E-state index in [1.165, 1.54) is 42.5 Å². The average Bonchev–Trinajstić information content (AvgIpc) is 2.57. The number of nitrogens with two attached hydrogens (primary N) is 1.